The van der Waals surface area contributed by atoms with Crippen molar-refractivity contribution in [2.75, 3.05) is 0 Å². The number of hydrogen-bond donors (Lipinski definition) is 0. The smallest absolute Gasteiger partial charge is 0.135 e. The predicted octanol–water partition coefficient (Wildman–Crippen LogP) is 33.8. The molecule has 0 fully saturated rings. The number of hydrogen-bond acceptors (Lipinski definition) is 3. The van der Waals surface area contributed by atoms with Gasteiger partial charge in [-0.2, -0.15) is 0 Å². The van der Waals surface area contributed by atoms with Crippen molar-refractivity contribution in [3.63, 3.8) is 0 Å². The molecule has 3 heterocycles. The monoisotopic (exact) mass is 1610 g/mol. The number of furan rings is 3. The van der Waals surface area contributed by atoms with E-state index in [9.17, 15) is 26.0 Å². The Morgan fingerprint density at radius 1 is 0.124 bits per heavy atom. The van der Waals surface area contributed by atoms with Gasteiger partial charge in [-0.05, 0) is 260 Å². The second kappa shape index (κ2) is 29.7. The number of fused-ring (bicyclic) bond motifs is 16. The van der Waals surface area contributed by atoms with Crippen LogP contribution in [0.4, 0.5) is 0 Å². The van der Waals surface area contributed by atoms with Gasteiger partial charge in [0.15, 0.2) is 0 Å². The van der Waals surface area contributed by atoms with Crippen LogP contribution < -0.4 is 0 Å². The van der Waals surface area contributed by atoms with Gasteiger partial charge in [-0.3, -0.25) is 0 Å². The average molecular weight is 1610 g/mol. The summed E-state index contributed by atoms with van der Waals surface area (Å²) in [4.78, 5) is 0. The third-order valence-electron chi connectivity index (χ3n) is 19.2. The molecule has 0 saturated heterocycles. The van der Waals surface area contributed by atoms with Crippen molar-refractivity contribution in [2.24, 2.45) is 0 Å². The second-order valence-electron chi connectivity index (χ2n) is 25.8. The molecular formula is C118H74O3. The largest absolute Gasteiger partial charge is 0.456 e. The van der Waals surface area contributed by atoms with Crippen molar-refractivity contribution < 1.29 is 115 Å². The van der Waals surface area contributed by atoms with Crippen LogP contribution >= 0.6 is 0 Å². The fourth-order valence-corrected chi connectivity index (χ4v) is 14.3. The summed E-state index contributed by atoms with van der Waals surface area (Å²) in [7, 11) is 0. The maximum atomic E-state index is 9.90. The Hall–Kier alpha value is -15.9. The maximum Gasteiger partial charge on any atom is 0.135 e. The van der Waals surface area contributed by atoms with Crippen LogP contribution in [0.3, 0.4) is 0 Å². The quantitative estimate of drug-likeness (QED) is 0.135. The lowest BCUT2D eigenvalue weighted by atomic mass is 9.83. The van der Waals surface area contributed by atoms with Gasteiger partial charge in [0.05, 0.1) is 101 Å². The topological polar surface area (TPSA) is 39.4 Å². The standard InChI is InChI=1S/C44H28O.C42H26O.C32H20O/c1-3-13-29(14-4-1)32-25-33(30-15-5-2-6-16-30)27-34(26-32)44-38-20-9-7-18-36(38)43(37-19-8-10-21-39(37)44)31-23-24-42-40(28-31)35-17-11-12-22-41(35)45-42;1-2-12-27(13-3-1)30-24-28-14-4-5-15-31(28)38(26-30)42-35-19-8-6-17-33(35)41(34-18-7-9-20-36(34)42)29-22-23-40-37(25-29)32-16-10-11-21-39(32)43-40;1-2-10-21(11-3-1)31-24-13-4-6-15-26(24)32(27-16-7-5-14-25(27)31)22-18-19-30-28(20-22)23-12-8-9-17-29(23)33-30/h1-28H;1-26H;1-20H/i1D,2D,3D,4D,5D,6D,7D,8D,9D,10D,11D,12D,13D,14D,15D,16D,17D,18D,19D,20D,21D,22D,23D,24D,25D,26D,27D,28D;1D,2D,3D,4D,5D,6D,7D,8D,9D,10D,11D,12D,13D,14D,15D,16D,17D,18D,19D,20D,21D,22D,23D,24D,25D,26D;1D,2D,3D,4D,5D,6D,7D,8D,9D,10D,11D,12D,13D,14D,15D,16D,17D,18D,19D,20D. The summed E-state index contributed by atoms with van der Waals surface area (Å²) in [5, 5.41) is -12.6. The van der Waals surface area contributed by atoms with E-state index in [1.54, 1.807) is 0 Å². The molecule has 564 valence electrons. The normalized spacial score (nSPS) is 20.2. The molecule has 0 aliphatic carbocycles. The summed E-state index contributed by atoms with van der Waals surface area (Å²) in [5.74, 6) is 0. The minimum atomic E-state index is -1.16. The summed E-state index contributed by atoms with van der Waals surface area (Å²) in [6.07, 6.45) is 0. The molecule has 3 nitrogen and oxygen atoms in total. The third-order valence-corrected chi connectivity index (χ3v) is 19.2. The van der Waals surface area contributed by atoms with E-state index in [1.165, 1.54) is 0 Å². The molecule has 0 radical (unpaired) electrons. The Labute approximate surface area is 802 Å². The molecule has 0 bridgehead atoms. The SMILES string of the molecule is [2H]c1c([2H])c([2H])c(-c2c([2H])c(-c3c([2H])c([2H])c([2H])c([2H])c3[2H])c([2H])c(-c3c4c([2H])c([2H])c([2H])c([2H])c4c(-c4c([2H])c([2H])c5oc6c([2H])c([2H])c([2H])c([2H])c6c5c4[2H])c4c([2H])c([2H])c([2H])c([2H])c34)c2[2H])c([2H])c1[2H].[2H]c1c([2H])c([2H])c(-c2c([2H])c(-c3c4c([2H])c([2H])c([2H])c([2H])c4c(-c4c([2H])c([2H])c5oc6c([2H])c([2H])c([2H])c([2H])c6c5c4[2H])c4c([2H])c([2H])c([2H])c([2H])c34)c3c([2H])c([2H])c([2H])c([2H])c3c2[2H])c([2H])c1[2H].[2H]c1c([2H])c([2H])c(-c2c3c([2H])c([2H])c([2H])c([2H])c3c(-c3c([2H])c([2H])c4oc5c([2H])c([2H])c([2H])c([2H])c5c4c3[2H])c3c([2H])c([2H])c([2H])c([2H])c23)c([2H])c1[2H]. The molecule has 0 amide bonds. The van der Waals surface area contributed by atoms with Crippen LogP contribution in [0, 0.1) is 0 Å². The molecule has 121 heavy (non-hydrogen) atoms. The lowest BCUT2D eigenvalue weighted by Crippen LogP contribution is -1.92. The van der Waals surface area contributed by atoms with Crippen molar-refractivity contribution in [2.45, 2.75) is 0 Å². The maximum absolute atomic E-state index is 9.90. The Morgan fingerprint density at radius 3 is 0.669 bits per heavy atom. The van der Waals surface area contributed by atoms with Crippen molar-refractivity contribution in [1.29, 1.82) is 0 Å². The van der Waals surface area contributed by atoms with Crippen LogP contribution in [-0.4, -0.2) is 0 Å². The van der Waals surface area contributed by atoms with E-state index in [-0.39, 0.29) is 10.8 Å². The van der Waals surface area contributed by atoms with E-state index in [0.29, 0.717) is 0 Å². The first-order chi connectivity index (χ1) is 90.8. The summed E-state index contributed by atoms with van der Waals surface area (Å²) in [6, 6.07) is -68.0. The number of benzene rings is 22. The van der Waals surface area contributed by atoms with Gasteiger partial charge in [-0.1, -0.05) is 363 Å². The zero-order valence-electron chi connectivity index (χ0n) is 134. The molecule has 22 aromatic carbocycles. The van der Waals surface area contributed by atoms with E-state index in [1.807, 2.05) is 0 Å². The van der Waals surface area contributed by atoms with Gasteiger partial charge in [-0.25, -0.2) is 0 Å². The minimum absolute atomic E-state index is 0.348. The highest BCUT2D eigenvalue weighted by molar-refractivity contribution is 6.27. The van der Waals surface area contributed by atoms with Crippen LogP contribution in [0.15, 0.2) is 460 Å². The molecule has 0 saturated carbocycles. The van der Waals surface area contributed by atoms with Crippen LogP contribution in [0.2, 0.25) is 0 Å². The average Bonchev–Trinajstić information content (AvgIpc) is 1.30. The van der Waals surface area contributed by atoms with Gasteiger partial charge in [0.2, 0.25) is 0 Å². The van der Waals surface area contributed by atoms with Gasteiger partial charge < -0.3 is 13.3 Å². The zero-order valence-corrected chi connectivity index (χ0v) is 60.2. The van der Waals surface area contributed by atoms with Gasteiger partial charge in [0, 0.05) is 32.3 Å². The first-order valence-electron chi connectivity index (χ1n) is 72.5. The summed E-state index contributed by atoms with van der Waals surface area (Å²) in [6.45, 7) is 0. The van der Waals surface area contributed by atoms with Crippen LogP contribution in [-0.2, 0) is 0 Å². The van der Waals surface area contributed by atoms with Gasteiger partial charge in [0.1, 0.15) is 33.5 Å². The van der Waals surface area contributed by atoms with E-state index < -0.39 is 678 Å². The van der Waals surface area contributed by atoms with E-state index in [0.717, 1.165) is 0 Å². The van der Waals surface area contributed by atoms with Crippen LogP contribution in [0.25, 0.3) is 241 Å². The van der Waals surface area contributed by atoms with Crippen LogP contribution in [0.5, 0.6) is 0 Å². The van der Waals surface area contributed by atoms with Gasteiger partial charge >= 0.3 is 0 Å². The highest BCUT2D eigenvalue weighted by atomic mass is 16.3. The Kier molecular flexibility index (Phi) is 6.90. The van der Waals surface area contributed by atoms with Crippen molar-refractivity contribution >= 4 is 141 Å². The minimum Gasteiger partial charge on any atom is -0.456 e. The number of para-hydroxylation sites is 3. The fraction of sp³-hybridized carbons (Fsp3) is 0. The van der Waals surface area contributed by atoms with E-state index >= 15 is 0 Å². The van der Waals surface area contributed by atoms with Gasteiger partial charge in [0.25, 0.3) is 0 Å². The van der Waals surface area contributed by atoms with E-state index in [4.69, 9.17) is 88.6 Å². The molecule has 25 rings (SSSR count). The summed E-state index contributed by atoms with van der Waals surface area (Å²) in [5.41, 5.74) is -17.3. The highest BCUT2D eigenvalue weighted by Gasteiger charge is 2.24. The predicted molar refractivity (Wildman–Crippen MR) is 513 cm³/mol. The van der Waals surface area contributed by atoms with Crippen LogP contribution in [0.1, 0.15) is 101 Å². The molecular weight excluding hydrogens is 1470 g/mol. The molecule has 0 unspecified atom stereocenters. The number of rotatable bonds is 9. The zero-order chi connectivity index (χ0) is 144. The van der Waals surface area contributed by atoms with Crippen molar-refractivity contribution in [3.8, 4) is 100 Å². The van der Waals surface area contributed by atoms with Gasteiger partial charge in [-0.15, -0.1) is 0 Å². The molecule has 0 spiro atoms. The van der Waals surface area contributed by atoms with E-state index in [2.05, 4.69) is 0 Å². The first-order valence-corrected chi connectivity index (χ1v) is 35.5. The molecule has 3 heteroatoms. The first kappa shape index (κ1) is 28.1. The second-order valence-corrected chi connectivity index (χ2v) is 25.8. The Bertz CT molecular complexity index is 12800. The van der Waals surface area contributed by atoms with Crippen molar-refractivity contribution in [3.05, 3.63) is 447 Å². The molecule has 0 N–H and O–H groups in total. The highest BCUT2D eigenvalue weighted by Crippen LogP contribution is 2.51. The lowest BCUT2D eigenvalue weighted by molar-refractivity contribution is 0.668. The third kappa shape index (κ3) is 12.3. The lowest BCUT2D eigenvalue weighted by Gasteiger charge is -2.19. The molecule has 0 aliphatic heterocycles. The Balaban J connectivity index is 0.000000153. The molecule has 25 aromatic rings. The Morgan fingerprint density at radius 2 is 0.347 bits per heavy atom. The molecule has 3 aromatic heterocycles. The molecule has 0 aliphatic rings. The summed E-state index contributed by atoms with van der Waals surface area (Å²) < 4.78 is 675. The fourth-order valence-electron chi connectivity index (χ4n) is 14.3. The van der Waals surface area contributed by atoms with Crippen molar-refractivity contribution in [1.82, 2.24) is 0 Å². The summed E-state index contributed by atoms with van der Waals surface area (Å²) >= 11 is 0. The molecule has 0 atom stereocenters.